The van der Waals surface area contributed by atoms with Gasteiger partial charge in [0.05, 0.1) is 11.0 Å². The van der Waals surface area contributed by atoms with Crippen molar-refractivity contribution >= 4 is 55.6 Å². The number of aromatic nitrogens is 3. The normalized spacial score (nSPS) is 12.7. The Balaban J connectivity index is 0.00000410. The van der Waals surface area contributed by atoms with E-state index < -0.39 is 0 Å². The van der Waals surface area contributed by atoms with Crippen molar-refractivity contribution in [1.29, 1.82) is 0 Å². The van der Waals surface area contributed by atoms with Gasteiger partial charge in [0.25, 0.3) is 0 Å². The molecule has 7 heteroatoms. The molecule has 0 fully saturated rings. The summed E-state index contributed by atoms with van der Waals surface area (Å²) in [5.41, 5.74) is 11.7. The van der Waals surface area contributed by atoms with Crippen LogP contribution in [0.5, 0.6) is 11.5 Å². The van der Waals surface area contributed by atoms with Crippen LogP contribution >= 0.6 is 0 Å². The number of hydrogen-bond acceptors (Lipinski definition) is 4. The number of benzene rings is 7. The van der Waals surface area contributed by atoms with E-state index in [4.69, 9.17) is 9.72 Å². The minimum atomic E-state index is -0.0117. The summed E-state index contributed by atoms with van der Waals surface area (Å²) in [5.74, 6) is 2.02. The van der Waals surface area contributed by atoms with Crippen molar-refractivity contribution < 1.29 is 25.8 Å². The first kappa shape index (κ1) is 35.6. The fraction of sp³-hybridized carbons (Fsp3) is 0.102. The van der Waals surface area contributed by atoms with Crippen molar-refractivity contribution in [2.75, 3.05) is 9.80 Å². The predicted octanol–water partition coefficient (Wildman–Crippen LogP) is 12.4. The van der Waals surface area contributed by atoms with Crippen LogP contribution in [0.3, 0.4) is 0 Å². The van der Waals surface area contributed by atoms with E-state index in [0.717, 1.165) is 61.5 Å². The van der Waals surface area contributed by atoms with Crippen LogP contribution in [0.1, 0.15) is 26.3 Å². The van der Waals surface area contributed by atoms with E-state index >= 15 is 0 Å². The Bertz CT molecular complexity index is 2900. The minimum Gasteiger partial charge on any atom is -0.509 e. The summed E-state index contributed by atoms with van der Waals surface area (Å²) in [6, 6.07) is 60.0. The molecular weight excluding hydrogens is 870 g/mol. The van der Waals surface area contributed by atoms with Gasteiger partial charge in [-0.1, -0.05) is 111 Å². The number of fused-ring (bicyclic) bond motifs is 5. The molecule has 0 atom stereocenters. The van der Waals surface area contributed by atoms with Gasteiger partial charge in [0, 0.05) is 67.8 Å². The second-order valence-corrected chi connectivity index (χ2v) is 15.1. The van der Waals surface area contributed by atoms with Gasteiger partial charge in [-0.3, -0.25) is 0 Å². The maximum Gasteiger partial charge on any atom is 0.213 e. The van der Waals surface area contributed by atoms with Crippen molar-refractivity contribution in [3.8, 4) is 28.6 Å². The van der Waals surface area contributed by atoms with E-state index in [9.17, 15) is 0 Å². The first-order valence-corrected chi connectivity index (χ1v) is 18.6. The molecule has 0 bridgehead atoms. The van der Waals surface area contributed by atoms with Crippen molar-refractivity contribution in [1.82, 2.24) is 14.1 Å². The van der Waals surface area contributed by atoms with Crippen molar-refractivity contribution in [3.05, 3.63) is 176 Å². The second kappa shape index (κ2) is 13.9. The van der Waals surface area contributed by atoms with E-state index in [-0.39, 0.29) is 26.5 Å². The van der Waals surface area contributed by atoms with E-state index in [2.05, 4.69) is 181 Å². The van der Waals surface area contributed by atoms with Crippen molar-refractivity contribution in [2.24, 2.45) is 7.05 Å². The molecule has 0 N–H and O–H groups in total. The first-order chi connectivity index (χ1) is 26.8. The largest absolute Gasteiger partial charge is 0.509 e. The molecule has 3 heterocycles. The monoisotopic (exact) mass is 907 g/mol. The molecule has 0 spiro atoms. The number of imidazole rings is 1. The van der Waals surface area contributed by atoms with Crippen LogP contribution in [0.25, 0.3) is 49.9 Å². The molecule has 10 rings (SSSR count). The number of para-hydroxylation sites is 5. The van der Waals surface area contributed by atoms with Crippen LogP contribution in [0, 0.1) is 18.8 Å². The fourth-order valence-electron chi connectivity index (χ4n) is 7.78. The van der Waals surface area contributed by atoms with Gasteiger partial charge >= 0.3 is 0 Å². The van der Waals surface area contributed by atoms with Gasteiger partial charge in [0.15, 0.2) is 0 Å². The van der Waals surface area contributed by atoms with Crippen molar-refractivity contribution in [3.63, 3.8) is 0 Å². The third-order valence-corrected chi connectivity index (χ3v) is 10.6. The Hall–Kier alpha value is -6.10. The van der Waals surface area contributed by atoms with Gasteiger partial charge in [-0.2, -0.15) is 12.1 Å². The van der Waals surface area contributed by atoms with Crippen LogP contribution in [0.15, 0.2) is 152 Å². The van der Waals surface area contributed by atoms with Gasteiger partial charge in [-0.05, 0) is 58.3 Å². The van der Waals surface area contributed by atoms with E-state index in [1.165, 1.54) is 16.7 Å². The first-order valence-electron chi connectivity index (χ1n) is 18.6. The third-order valence-electron chi connectivity index (χ3n) is 10.6. The molecule has 9 aromatic rings. The Morgan fingerprint density at radius 1 is 0.607 bits per heavy atom. The molecule has 0 amide bonds. The maximum atomic E-state index is 6.59. The van der Waals surface area contributed by atoms with E-state index in [1.807, 2.05) is 36.4 Å². The van der Waals surface area contributed by atoms with Gasteiger partial charge in [-0.25, -0.2) is 4.98 Å². The summed E-state index contributed by atoms with van der Waals surface area (Å²) in [6.07, 6.45) is 0. The molecule has 0 radical (unpaired) electrons. The van der Waals surface area contributed by atoms with Crippen LogP contribution in [0.4, 0.5) is 22.7 Å². The summed E-state index contributed by atoms with van der Waals surface area (Å²) < 4.78 is 10.9. The molecule has 0 aliphatic carbocycles. The van der Waals surface area contributed by atoms with E-state index in [0.29, 0.717) is 11.5 Å². The summed E-state index contributed by atoms with van der Waals surface area (Å²) in [4.78, 5) is 9.55. The fourth-order valence-corrected chi connectivity index (χ4v) is 7.78. The van der Waals surface area contributed by atoms with Crippen LogP contribution < -0.4 is 14.5 Å². The molecular formula is C49H38N5OPt-3. The minimum absolute atomic E-state index is 0. The zero-order valence-corrected chi connectivity index (χ0v) is 33.7. The average Bonchev–Trinajstić information content (AvgIpc) is 3.87. The number of anilines is 4. The Morgan fingerprint density at radius 2 is 1.30 bits per heavy atom. The topological polar surface area (TPSA) is 38.5 Å². The van der Waals surface area contributed by atoms with E-state index in [1.54, 1.807) is 0 Å². The average molecular weight is 908 g/mol. The second-order valence-electron chi connectivity index (χ2n) is 15.1. The molecule has 1 aliphatic heterocycles. The number of rotatable bonds is 6. The standard InChI is InChI=1S/C49H38N5O.Pt/c1-49(2,3)34-25-27-38(33-15-6-5-7-16-33)46(29-34)53-32-52(44-23-12-13-24-45(44)53)35-17-14-18-36(30-35)55-37-26-28-40-39-19-8-10-21-42(39)54(47(40)31-37)48-50-41-20-9-11-22-43(41)51(48)4;/h5-29,32H,1-4H3;/q-3;. The molecule has 56 heavy (non-hydrogen) atoms. The predicted molar refractivity (Wildman–Crippen MR) is 225 cm³/mol. The van der Waals surface area contributed by atoms with Crippen LogP contribution in [0.2, 0.25) is 0 Å². The summed E-state index contributed by atoms with van der Waals surface area (Å²) >= 11 is 0. The van der Waals surface area contributed by atoms with Gasteiger partial charge in [0.1, 0.15) is 0 Å². The van der Waals surface area contributed by atoms with Gasteiger partial charge in [-0.15, -0.1) is 48.1 Å². The maximum absolute atomic E-state index is 6.59. The van der Waals surface area contributed by atoms with Crippen LogP contribution in [-0.4, -0.2) is 14.1 Å². The Morgan fingerprint density at radius 3 is 2.09 bits per heavy atom. The quantitative estimate of drug-likeness (QED) is 0.156. The number of nitrogens with zero attached hydrogens (tertiary/aromatic N) is 5. The zero-order chi connectivity index (χ0) is 37.3. The molecule has 0 saturated heterocycles. The number of aryl methyl sites for hydroxylation is 1. The summed E-state index contributed by atoms with van der Waals surface area (Å²) in [5, 5.41) is 2.22. The molecule has 0 unspecified atom stereocenters. The van der Waals surface area contributed by atoms with Gasteiger partial charge < -0.3 is 23.7 Å². The zero-order valence-electron chi connectivity index (χ0n) is 31.5. The number of hydrogen-bond donors (Lipinski definition) is 0. The molecule has 6 nitrogen and oxygen atoms in total. The molecule has 7 aromatic carbocycles. The Kier molecular flexibility index (Phi) is 8.82. The molecule has 1 aliphatic rings. The molecule has 2 aromatic heterocycles. The molecule has 0 saturated carbocycles. The van der Waals surface area contributed by atoms with Crippen LogP contribution in [-0.2, 0) is 33.5 Å². The summed E-state index contributed by atoms with van der Waals surface area (Å²) in [6.45, 7) is 8.95. The Labute approximate surface area is 341 Å². The van der Waals surface area contributed by atoms with Crippen molar-refractivity contribution in [2.45, 2.75) is 26.2 Å². The number of ether oxygens (including phenoxy) is 1. The molecule has 278 valence electrons. The smallest absolute Gasteiger partial charge is 0.213 e. The van der Waals surface area contributed by atoms with Gasteiger partial charge in [0.2, 0.25) is 5.95 Å². The SMILES string of the molecule is Cn1c(-n2c3[c-]c(Oc4[c-]c(N5[CH-]N(c6cc(C(C)(C)C)ccc6-c6ccccc6)c6ccccc65)ccc4)ccc3c3ccccc32)nc2ccccc21.[Pt]. The third kappa shape index (κ3) is 5.96. The summed E-state index contributed by atoms with van der Waals surface area (Å²) in [7, 11) is 2.06.